The van der Waals surface area contributed by atoms with E-state index in [1.54, 1.807) is 0 Å². The van der Waals surface area contributed by atoms with E-state index in [0.29, 0.717) is 0 Å². The van der Waals surface area contributed by atoms with Crippen LogP contribution in [0.15, 0.2) is 0 Å². The van der Waals surface area contributed by atoms with Gasteiger partial charge in [0.05, 0.1) is 24.9 Å². The number of halogens is 1. The van der Waals surface area contributed by atoms with Crippen molar-refractivity contribution in [1.82, 2.24) is 5.32 Å². The van der Waals surface area contributed by atoms with Gasteiger partial charge < -0.3 is 25.7 Å². The maximum Gasteiger partial charge on any atom is 0.109 e. The summed E-state index contributed by atoms with van der Waals surface area (Å²) >= 11 is 0. The largest absolute Gasteiger partial charge is 0.395 e. The number of hydrogen-bond acceptors (Lipinski definition) is 5. The molecule has 0 spiro atoms. The zero-order valence-electron chi connectivity index (χ0n) is 6.42. The summed E-state index contributed by atoms with van der Waals surface area (Å²) < 4.78 is 0. The van der Waals surface area contributed by atoms with Crippen LogP contribution in [-0.4, -0.2) is 57.9 Å². The second-order valence-electron chi connectivity index (χ2n) is 2.75. The SMILES string of the molecule is Cl.OC[C@H]1NC[C@@H](O)[C@H](O)[C@H]1O. The molecule has 1 fully saturated rings. The molecule has 12 heavy (non-hydrogen) atoms. The third kappa shape index (κ3) is 2.29. The van der Waals surface area contributed by atoms with Crippen molar-refractivity contribution in [1.29, 1.82) is 0 Å². The molecular formula is C6H14ClNO4. The lowest BCUT2D eigenvalue weighted by atomic mass is 9.97. The van der Waals surface area contributed by atoms with Gasteiger partial charge in [0.15, 0.2) is 0 Å². The summed E-state index contributed by atoms with van der Waals surface area (Å²) in [7, 11) is 0. The van der Waals surface area contributed by atoms with Crippen molar-refractivity contribution in [3.63, 3.8) is 0 Å². The standard InChI is InChI=1S/C6H13NO4.ClH/c8-2-3-5(10)6(11)4(9)1-7-3;/h3-11H,1-2H2;1H/t3-,4-,5+,6+;/m1./s1. The molecule has 0 aliphatic carbocycles. The zero-order chi connectivity index (χ0) is 8.43. The first-order chi connectivity index (χ1) is 5.16. The van der Waals surface area contributed by atoms with E-state index < -0.39 is 24.4 Å². The maximum atomic E-state index is 9.18. The van der Waals surface area contributed by atoms with Crippen molar-refractivity contribution < 1.29 is 20.4 Å². The summed E-state index contributed by atoms with van der Waals surface area (Å²) in [6.45, 7) is -0.0472. The Balaban J connectivity index is 0.00000121. The first-order valence-electron chi connectivity index (χ1n) is 3.55. The average molecular weight is 200 g/mol. The molecule has 1 heterocycles. The Bertz CT molecular complexity index is 135. The van der Waals surface area contributed by atoms with Crippen molar-refractivity contribution in [3.05, 3.63) is 0 Å². The molecule has 0 aromatic rings. The number of hydrogen-bond donors (Lipinski definition) is 5. The number of nitrogens with one attached hydrogen (secondary N) is 1. The molecule has 0 radical (unpaired) electrons. The van der Waals surface area contributed by atoms with Crippen LogP contribution in [0.4, 0.5) is 0 Å². The smallest absolute Gasteiger partial charge is 0.109 e. The van der Waals surface area contributed by atoms with E-state index in [1.807, 2.05) is 0 Å². The minimum atomic E-state index is -1.16. The molecule has 0 saturated carbocycles. The first-order valence-corrected chi connectivity index (χ1v) is 3.55. The lowest BCUT2D eigenvalue weighted by molar-refractivity contribution is -0.101. The Morgan fingerprint density at radius 1 is 1.17 bits per heavy atom. The normalized spacial score (nSPS) is 42.0. The topological polar surface area (TPSA) is 93.0 Å². The molecule has 5 nitrogen and oxygen atoms in total. The molecule has 0 aromatic heterocycles. The fourth-order valence-corrected chi connectivity index (χ4v) is 1.15. The lowest BCUT2D eigenvalue weighted by Crippen LogP contribution is -2.60. The second-order valence-corrected chi connectivity index (χ2v) is 2.75. The molecule has 4 atom stereocenters. The third-order valence-electron chi connectivity index (χ3n) is 1.94. The lowest BCUT2D eigenvalue weighted by Gasteiger charge is -2.34. The molecule has 1 rings (SSSR count). The van der Waals surface area contributed by atoms with E-state index in [0.717, 1.165) is 0 Å². The van der Waals surface area contributed by atoms with Gasteiger partial charge in [-0.05, 0) is 0 Å². The summed E-state index contributed by atoms with van der Waals surface area (Å²) in [6, 6.07) is -0.534. The third-order valence-corrected chi connectivity index (χ3v) is 1.94. The molecule has 0 bridgehead atoms. The Kier molecular flexibility index (Phi) is 5.00. The van der Waals surface area contributed by atoms with Crippen molar-refractivity contribution in [2.24, 2.45) is 0 Å². The fraction of sp³-hybridized carbons (Fsp3) is 1.00. The number of β-amino-alcohol motifs (C(OH)–C–C–N with tert-alkyl or cyclic N) is 1. The van der Waals surface area contributed by atoms with E-state index in [1.165, 1.54) is 0 Å². The van der Waals surface area contributed by atoms with Gasteiger partial charge in [-0.25, -0.2) is 0 Å². The molecule has 1 saturated heterocycles. The van der Waals surface area contributed by atoms with E-state index in [9.17, 15) is 5.11 Å². The first kappa shape index (κ1) is 12.1. The van der Waals surface area contributed by atoms with Crippen LogP contribution < -0.4 is 5.32 Å². The van der Waals surface area contributed by atoms with E-state index in [2.05, 4.69) is 5.32 Å². The van der Waals surface area contributed by atoms with Crippen LogP contribution in [0.1, 0.15) is 0 Å². The summed E-state index contributed by atoms with van der Waals surface area (Å²) in [5, 5.41) is 38.6. The van der Waals surface area contributed by atoms with Crippen LogP contribution in [0.25, 0.3) is 0 Å². The molecule has 0 aromatic carbocycles. The highest BCUT2D eigenvalue weighted by Gasteiger charge is 2.35. The van der Waals surface area contributed by atoms with Crippen LogP contribution in [0.3, 0.4) is 0 Å². The van der Waals surface area contributed by atoms with E-state index in [-0.39, 0.29) is 25.6 Å². The number of piperidine rings is 1. The van der Waals surface area contributed by atoms with Crippen molar-refractivity contribution in [3.8, 4) is 0 Å². The number of aliphatic hydroxyl groups excluding tert-OH is 4. The van der Waals surface area contributed by atoms with Crippen molar-refractivity contribution in [2.45, 2.75) is 24.4 Å². The predicted molar refractivity (Wildman–Crippen MR) is 44.1 cm³/mol. The number of rotatable bonds is 1. The molecule has 6 heteroatoms. The van der Waals surface area contributed by atoms with Gasteiger partial charge >= 0.3 is 0 Å². The highest BCUT2D eigenvalue weighted by Crippen LogP contribution is 2.09. The van der Waals surface area contributed by atoms with Crippen molar-refractivity contribution in [2.75, 3.05) is 13.2 Å². The van der Waals surface area contributed by atoms with Gasteiger partial charge in [-0.3, -0.25) is 0 Å². The number of aliphatic hydroxyl groups is 4. The molecule has 0 unspecified atom stereocenters. The van der Waals surface area contributed by atoms with Crippen LogP contribution in [-0.2, 0) is 0 Å². The Hall–Kier alpha value is 0.0900. The Labute approximate surface area is 76.4 Å². The molecule has 74 valence electrons. The fourth-order valence-electron chi connectivity index (χ4n) is 1.15. The van der Waals surface area contributed by atoms with Gasteiger partial charge in [0, 0.05) is 6.54 Å². The summed E-state index contributed by atoms with van der Waals surface area (Å²) in [5.41, 5.74) is 0. The van der Waals surface area contributed by atoms with Crippen LogP contribution in [0.2, 0.25) is 0 Å². The molecule has 5 N–H and O–H groups in total. The molecule has 0 amide bonds. The van der Waals surface area contributed by atoms with Gasteiger partial charge in [-0.2, -0.15) is 0 Å². The minimum absolute atomic E-state index is 0. The zero-order valence-corrected chi connectivity index (χ0v) is 7.24. The monoisotopic (exact) mass is 199 g/mol. The maximum absolute atomic E-state index is 9.18. The highest BCUT2D eigenvalue weighted by atomic mass is 35.5. The Morgan fingerprint density at radius 2 is 1.75 bits per heavy atom. The van der Waals surface area contributed by atoms with E-state index in [4.69, 9.17) is 15.3 Å². The minimum Gasteiger partial charge on any atom is -0.395 e. The summed E-state index contributed by atoms with van der Waals surface area (Å²) in [5.74, 6) is 0. The summed E-state index contributed by atoms with van der Waals surface area (Å²) in [4.78, 5) is 0. The predicted octanol–water partition coefficient (Wildman–Crippen LogP) is -2.54. The van der Waals surface area contributed by atoms with Gasteiger partial charge in [0.25, 0.3) is 0 Å². The van der Waals surface area contributed by atoms with Crippen molar-refractivity contribution >= 4 is 12.4 Å². The second kappa shape index (κ2) is 4.96. The average Bonchev–Trinajstić information content (AvgIpc) is 2.01. The van der Waals surface area contributed by atoms with Crippen LogP contribution >= 0.6 is 12.4 Å². The molecular weight excluding hydrogens is 186 g/mol. The highest BCUT2D eigenvalue weighted by molar-refractivity contribution is 5.85. The van der Waals surface area contributed by atoms with E-state index >= 15 is 0 Å². The van der Waals surface area contributed by atoms with Crippen LogP contribution in [0.5, 0.6) is 0 Å². The van der Waals surface area contributed by atoms with Gasteiger partial charge in [-0.1, -0.05) is 0 Å². The van der Waals surface area contributed by atoms with Gasteiger partial charge in [0.2, 0.25) is 0 Å². The molecule has 1 aliphatic heterocycles. The van der Waals surface area contributed by atoms with Gasteiger partial charge in [-0.15, -0.1) is 12.4 Å². The summed E-state index contributed by atoms with van der Waals surface area (Å²) in [6.07, 6.45) is -3.20. The van der Waals surface area contributed by atoms with Gasteiger partial charge in [0.1, 0.15) is 6.10 Å². The Morgan fingerprint density at radius 3 is 2.25 bits per heavy atom. The quantitative estimate of drug-likeness (QED) is 0.321. The molecule has 1 aliphatic rings. The van der Waals surface area contributed by atoms with Crippen LogP contribution in [0, 0.1) is 0 Å².